The highest BCUT2D eigenvalue weighted by atomic mass is 32.5. The molecule has 0 aliphatic rings. The first-order valence-corrected chi connectivity index (χ1v) is 9.37. The van der Waals surface area contributed by atoms with Gasteiger partial charge in [-0.15, -0.1) is 10.2 Å². The van der Waals surface area contributed by atoms with E-state index in [4.69, 9.17) is 4.42 Å². The topological polar surface area (TPSA) is 86.7 Å². The number of fused-ring (bicyclic) bond motifs is 1. The number of imidazole rings is 1. The van der Waals surface area contributed by atoms with Crippen LogP contribution in [0.4, 0.5) is 19.4 Å². The summed E-state index contributed by atoms with van der Waals surface area (Å²) in [7, 11) is -9.94. The van der Waals surface area contributed by atoms with E-state index in [0.717, 1.165) is 0 Å². The molecule has 0 bridgehead atoms. The fourth-order valence-electron chi connectivity index (χ4n) is 2.37. The second kappa shape index (κ2) is 5.13. The Morgan fingerprint density at radius 1 is 1.00 bits per heavy atom. The van der Waals surface area contributed by atoms with Crippen LogP contribution in [0, 0.1) is 0 Å². The van der Waals surface area contributed by atoms with Crippen molar-refractivity contribution >= 4 is 21.1 Å². The minimum absolute atomic E-state index is 0.0275. The molecule has 28 heavy (non-hydrogen) atoms. The van der Waals surface area contributed by atoms with Crippen LogP contribution in [0.2, 0.25) is 0 Å². The first-order valence-electron chi connectivity index (χ1n) is 7.42. The van der Waals surface area contributed by atoms with Crippen molar-refractivity contribution in [2.45, 2.75) is 4.90 Å². The number of hydrogen-bond acceptors (Lipinski definition) is 6. The van der Waals surface area contributed by atoms with Crippen molar-refractivity contribution in [1.29, 1.82) is 0 Å². The van der Waals surface area contributed by atoms with Crippen molar-refractivity contribution in [3.63, 3.8) is 0 Å². The van der Waals surface area contributed by atoms with Gasteiger partial charge in [-0.05, 0) is 30.3 Å². The highest BCUT2D eigenvalue weighted by Gasteiger charge is 2.65. The van der Waals surface area contributed by atoms with Crippen LogP contribution < -0.4 is 5.63 Å². The summed E-state index contributed by atoms with van der Waals surface area (Å²) in [4.78, 5) is 17.6. The quantitative estimate of drug-likeness (QED) is 0.457. The van der Waals surface area contributed by atoms with Gasteiger partial charge in [-0.25, -0.2) is 14.8 Å². The molecule has 3 aromatic heterocycles. The van der Waals surface area contributed by atoms with Crippen LogP contribution in [0.1, 0.15) is 0 Å². The van der Waals surface area contributed by atoms with Crippen LogP contribution in [0.15, 0.2) is 63.2 Å². The summed E-state index contributed by atoms with van der Waals surface area (Å²) in [5.74, 6) is 0.0900. The van der Waals surface area contributed by atoms with Gasteiger partial charge in [0.2, 0.25) is 0 Å². The normalized spacial score (nSPS) is 14.6. The number of benzene rings is 1. The average Bonchev–Trinajstić information content (AvgIpc) is 3.14. The van der Waals surface area contributed by atoms with Crippen LogP contribution in [0.3, 0.4) is 0 Å². The minimum Gasteiger partial charge on any atom is -0.401 e. The molecular weight excluding hydrogens is 409 g/mol. The minimum atomic E-state index is -9.94. The Balaban J connectivity index is 1.79. The third-order valence-electron chi connectivity index (χ3n) is 3.68. The lowest BCUT2D eigenvalue weighted by molar-refractivity contribution is 0.364. The summed E-state index contributed by atoms with van der Waals surface area (Å²) in [6.45, 7) is 0. The van der Waals surface area contributed by atoms with Gasteiger partial charge in [0.15, 0.2) is 5.82 Å². The molecule has 4 aromatic rings. The van der Waals surface area contributed by atoms with E-state index in [2.05, 4.69) is 20.2 Å². The van der Waals surface area contributed by atoms with E-state index in [0.29, 0.717) is 11.9 Å². The van der Waals surface area contributed by atoms with Crippen molar-refractivity contribution in [3.8, 4) is 17.4 Å². The Morgan fingerprint density at radius 3 is 2.39 bits per heavy atom. The number of rotatable bonds is 3. The Morgan fingerprint density at radius 2 is 1.79 bits per heavy atom. The van der Waals surface area contributed by atoms with Crippen molar-refractivity contribution in [2.24, 2.45) is 0 Å². The van der Waals surface area contributed by atoms with E-state index in [1.54, 1.807) is 10.8 Å². The molecule has 0 aliphatic heterocycles. The fourth-order valence-corrected chi connectivity index (χ4v) is 3.04. The SMILES string of the molecule is O=c1oc(-c2ccc(-n3ccnc3)nn2)nc2ccc(S(F)(F)(F)(F)F)cc12. The molecule has 3 heterocycles. The Kier molecular flexibility index (Phi) is 3.30. The van der Waals surface area contributed by atoms with E-state index >= 15 is 0 Å². The van der Waals surface area contributed by atoms with Crippen LogP contribution in [0.25, 0.3) is 28.3 Å². The summed E-state index contributed by atoms with van der Waals surface area (Å²) in [5.41, 5.74) is -1.49. The Hall–Kier alpha value is -3.35. The predicted molar refractivity (Wildman–Crippen MR) is 89.8 cm³/mol. The zero-order valence-corrected chi connectivity index (χ0v) is 14.3. The average molecular weight is 417 g/mol. The largest absolute Gasteiger partial charge is 0.401 e. The molecule has 7 nitrogen and oxygen atoms in total. The molecule has 146 valence electrons. The van der Waals surface area contributed by atoms with E-state index in [9.17, 15) is 24.2 Å². The summed E-state index contributed by atoms with van der Waals surface area (Å²) < 4.78 is 71.1. The maximum atomic E-state index is 12.9. The van der Waals surface area contributed by atoms with Crippen LogP contribution in [-0.4, -0.2) is 24.7 Å². The lowest BCUT2D eigenvalue weighted by Gasteiger charge is -2.40. The lowest BCUT2D eigenvalue weighted by atomic mass is 10.2. The van der Waals surface area contributed by atoms with Gasteiger partial charge in [0, 0.05) is 12.4 Å². The van der Waals surface area contributed by atoms with Crippen molar-refractivity contribution in [3.05, 3.63) is 59.5 Å². The highest BCUT2D eigenvalue weighted by molar-refractivity contribution is 8.45. The van der Waals surface area contributed by atoms with Crippen LogP contribution >= 0.6 is 10.2 Å². The van der Waals surface area contributed by atoms with E-state index in [1.807, 2.05) is 0 Å². The summed E-state index contributed by atoms with van der Waals surface area (Å²) in [6, 6.07) is 3.83. The molecule has 0 atom stereocenters. The second-order valence-electron chi connectivity index (χ2n) is 5.70. The van der Waals surface area contributed by atoms with E-state index < -0.39 is 26.1 Å². The maximum absolute atomic E-state index is 12.9. The molecular formula is C15H8F5N5O2S. The predicted octanol–water partition coefficient (Wildman–Crippen LogP) is 4.49. The van der Waals surface area contributed by atoms with Crippen molar-refractivity contribution < 1.29 is 23.8 Å². The number of hydrogen-bond donors (Lipinski definition) is 0. The molecule has 0 fully saturated rings. The molecule has 13 heteroatoms. The van der Waals surface area contributed by atoms with Gasteiger partial charge in [0.1, 0.15) is 16.9 Å². The third kappa shape index (κ3) is 3.31. The molecule has 0 N–H and O–H groups in total. The van der Waals surface area contributed by atoms with Gasteiger partial charge in [-0.1, -0.05) is 19.4 Å². The van der Waals surface area contributed by atoms with E-state index in [-0.39, 0.29) is 29.2 Å². The molecule has 0 spiro atoms. The first kappa shape index (κ1) is 18.0. The Labute approximate surface area is 152 Å². The molecule has 0 aliphatic carbocycles. The molecule has 0 saturated heterocycles. The number of halogens is 5. The molecule has 4 rings (SSSR count). The maximum Gasteiger partial charge on any atom is 0.347 e. The van der Waals surface area contributed by atoms with E-state index in [1.165, 1.54) is 24.7 Å². The second-order valence-corrected chi connectivity index (χ2v) is 8.11. The monoisotopic (exact) mass is 417 g/mol. The van der Waals surface area contributed by atoms with Gasteiger partial charge in [-0.2, -0.15) is 0 Å². The molecule has 0 amide bonds. The van der Waals surface area contributed by atoms with Crippen molar-refractivity contribution in [1.82, 2.24) is 24.7 Å². The van der Waals surface area contributed by atoms with Gasteiger partial charge in [0.05, 0.1) is 10.9 Å². The standard InChI is InChI=1S/C15H8F5N5O2S/c16-28(17,18,19,20)9-1-2-11-10(7-9)15(26)27-14(22-11)12-3-4-13(24-23-12)25-6-5-21-8-25/h1-8H. The first-order chi connectivity index (χ1) is 12.9. The fraction of sp³-hybridized carbons (Fsp3) is 0. The molecule has 0 radical (unpaired) electrons. The summed E-state index contributed by atoms with van der Waals surface area (Å²) in [6.07, 6.45) is 4.63. The van der Waals surface area contributed by atoms with Gasteiger partial charge >= 0.3 is 15.8 Å². The van der Waals surface area contributed by atoms with Gasteiger partial charge in [-0.3, -0.25) is 4.57 Å². The molecule has 0 unspecified atom stereocenters. The van der Waals surface area contributed by atoms with Crippen molar-refractivity contribution in [2.75, 3.05) is 0 Å². The zero-order chi connectivity index (χ0) is 20.2. The van der Waals surface area contributed by atoms with Crippen LogP contribution in [-0.2, 0) is 0 Å². The van der Waals surface area contributed by atoms with Gasteiger partial charge in [0.25, 0.3) is 5.89 Å². The van der Waals surface area contributed by atoms with Crippen LogP contribution in [0.5, 0.6) is 0 Å². The number of nitrogens with zero attached hydrogens (tertiary/aromatic N) is 5. The summed E-state index contributed by atoms with van der Waals surface area (Å²) in [5, 5.41) is 7.02. The Bertz CT molecular complexity index is 1260. The summed E-state index contributed by atoms with van der Waals surface area (Å²) >= 11 is 0. The molecule has 0 saturated carbocycles. The zero-order valence-electron chi connectivity index (χ0n) is 13.5. The smallest absolute Gasteiger partial charge is 0.347 e. The van der Waals surface area contributed by atoms with Gasteiger partial charge < -0.3 is 4.42 Å². The third-order valence-corrected chi connectivity index (χ3v) is 4.83. The number of aromatic nitrogens is 5. The molecule has 1 aromatic carbocycles. The lowest BCUT2D eigenvalue weighted by Crippen LogP contribution is -2.09. The highest BCUT2D eigenvalue weighted by Crippen LogP contribution is 3.02.